The van der Waals surface area contributed by atoms with Crippen molar-refractivity contribution in [3.05, 3.63) is 48.5 Å². The second-order valence-electron chi connectivity index (χ2n) is 8.56. The number of anilines is 1. The molecule has 33 heavy (non-hydrogen) atoms. The third kappa shape index (κ3) is 4.48. The zero-order valence-electron chi connectivity index (χ0n) is 18.7. The third-order valence-corrected chi connectivity index (χ3v) is 7.84. The van der Waals surface area contributed by atoms with Crippen LogP contribution >= 0.6 is 0 Å². The maximum Gasteiger partial charge on any atom is 0.212 e. The quantitative estimate of drug-likeness (QED) is 0.514. The lowest BCUT2D eigenvalue weighted by Crippen LogP contribution is -2.32. The molecular formula is C24H28N4O4S. The molecule has 1 aromatic heterocycles. The van der Waals surface area contributed by atoms with Crippen molar-refractivity contribution in [1.82, 2.24) is 15.0 Å². The fourth-order valence-electron chi connectivity index (χ4n) is 4.65. The van der Waals surface area contributed by atoms with E-state index in [4.69, 9.17) is 14.5 Å². The summed E-state index contributed by atoms with van der Waals surface area (Å²) < 4.78 is 37.9. The zero-order chi connectivity index (χ0) is 23.0. The molecule has 174 valence electrons. The van der Waals surface area contributed by atoms with E-state index in [2.05, 4.69) is 21.0 Å². The highest BCUT2D eigenvalue weighted by molar-refractivity contribution is 7.89. The number of fused-ring (bicyclic) bond motifs is 2. The van der Waals surface area contributed by atoms with E-state index >= 15 is 0 Å². The van der Waals surface area contributed by atoms with Crippen molar-refractivity contribution < 1.29 is 17.9 Å². The number of benzene rings is 2. The van der Waals surface area contributed by atoms with Crippen LogP contribution in [-0.2, 0) is 10.0 Å². The molecule has 0 amide bonds. The number of methoxy groups -OCH3 is 1. The summed E-state index contributed by atoms with van der Waals surface area (Å²) >= 11 is 0. The summed E-state index contributed by atoms with van der Waals surface area (Å²) in [6, 6.07) is 15.9. The van der Waals surface area contributed by atoms with Crippen molar-refractivity contribution in [3.8, 4) is 22.8 Å². The minimum absolute atomic E-state index is 0.0473. The van der Waals surface area contributed by atoms with E-state index < -0.39 is 10.0 Å². The van der Waals surface area contributed by atoms with E-state index in [1.165, 1.54) is 0 Å². The van der Waals surface area contributed by atoms with Crippen LogP contribution in [0.25, 0.3) is 22.2 Å². The second-order valence-corrected chi connectivity index (χ2v) is 10.4. The Balaban J connectivity index is 1.50. The van der Waals surface area contributed by atoms with Crippen LogP contribution in [0.2, 0.25) is 0 Å². The highest BCUT2D eigenvalue weighted by Crippen LogP contribution is 2.37. The second kappa shape index (κ2) is 8.81. The van der Waals surface area contributed by atoms with Gasteiger partial charge in [0.05, 0.1) is 24.1 Å². The van der Waals surface area contributed by atoms with Gasteiger partial charge in [-0.05, 0) is 49.5 Å². The fourth-order valence-corrected chi connectivity index (χ4v) is 6.38. The number of pyridine rings is 1. The van der Waals surface area contributed by atoms with Crippen LogP contribution in [0.4, 0.5) is 5.69 Å². The van der Waals surface area contributed by atoms with E-state index in [0.717, 1.165) is 45.9 Å². The Morgan fingerprint density at radius 3 is 2.64 bits per heavy atom. The maximum absolute atomic E-state index is 12.0. The lowest BCUT2D eigenvalue weighted by atomic mass is 10.1. The Bertz CT molecular complexity index is 1240. The lowest BCUT2D eigenvalue weighted by Gasteiger charge is -2.23. The van der Waals surface area contributed by atoms with E-state index in [-0.39, 0.29) is 17.7 Å². The molecule has 9 heteroatoms. The van der Waals surface area contributed by atoms with Crippen LogP contribution in [0, 0.1) is 5.92 Å². The number of sulfonamides is 1. The summed E-state index contributed by atoms with van der Waals surface area (Å²) in [7, 11) is 0.393. The zero-order valence-corrected chi connectivity index (χ0v) is 19.6. The molecule has 2 aromatic carbocycles. The molecule has 0 bridgehead atoms. The van der Waals surface area contributed by atoms with Crippen molar-refractivity contribution in [2.45, 2.75) is 6.04 Å². The number of aromatic nitrogens is 1. The van der Waals surface area contributed by atoms with Crippen molar-refractivity contribution in [3.63, 3.8) is 0 Å². The molecule has 8 nitrogen and oxygen atoms in total. The molecule has 3 heterocycles. The molecule has 5 rings (SSSR count). The summed E-state index contributed by atoms with van der Waals surface area (Å²) in [5.41, 5.74) is 3.74. The molecule has 0 saturated carbocycles. The Labute approximate surface area is 194 Å². The molecule has 0 radical (unpaired) electrons. The van der Waals surface area contributed by atoms with Gasteiger partial charge >= 0.3 is 0 Å². The number of nitrogens with one attached hydrogen (secondary N) is 2. The fraction of sp³-hybridized carbons (Fsp3) is 0.375. The van der Waals surface area contributed by atoms with Crippen molar-refractivity contribution in [2.75, 3.05) is 51.1 Å². The minimum atomic E-state index is -3.15. The Morgan fingerprint density at radius 1 is 1.12 bits per heavy atom. The molecule has 2 saturated heterocycles. The first-order valence-corrected chi connectivity index (χ1v) is 12.7. The van der Waals surface area contributed by atoms with Gasteiger partial charge < -0.3 is 19.7 Å². The molecule has 2 aliphatic rings. The van der Waals surface area contributed by atoms with Crippen molar-refractivity contribution >= 4 is 26.6 Å². The standard InChI is InChI=1S/C24H28N4O4S/c1-25-9-10-32-18-5-3-16(4-6-18)21-12-24(20-8-7-19(31-2)11-22(20)26-21)28-13-17-15-33(29,30)27-23(17)14-28/h3-8,11-12,17,23,25,27H,9-10,13-15H2,1-2H3. The molecule has 2 fully saturated rings. The van der Waals surface area contributed by atoms with Gasteiger partial charge in [-0.1, -0.05) is 0 Å². The molecule has 2 aliphatic heterocycles. The van der Waals surface area contributed by atoms with Gasteiger partial charge in [0, 0.05) is 54.3 Å². The largest absolute Gasteiger partial charge is 0.497 e. The predicted octanol–water partition coefficient (Wildman–Crippen LogP) is 2.25. The SMILES string of the molecule is CNCCOc1ccc(-c2cc(N3CC4CS(=O)(=O)NC4C3)c3ccc(OC)cc3n2)cc1. The van der Waals surface area contributed by atoms with Crippen molar-refractivity contribution in [1.29, 1.82) is 0 Å². The Kier molecular flexibility index (Phi) is 5.86. The summed E-state index contributed by atoms with van der Waals surface area (Å²) in [6.45, 7) is 2.73. The number of hydrogen-bond acceptors (Lipinski definition) is 7. The van der Waals surface area contributed by atoms with Crippen LogP contribution in [0.1, 0.15) is 0 Å². The van der Waals surface area contributed by atoms with E-state index in [9.17, 15) is 8.42 Å². The number of likely N-dealkylation sites (N-methyl/N-ethyl adjacent to an activating group) is 1. The van der Waals surface area contributed by atoms with Gasteiger partial charge in [0.1, 0.15) is 18.1 Å². The van der Waals surface area contributed by atoms with Crippen LogP contribution < -0.4 is 24.4 Å². The molecular weight excluding hydrogens is 440 g/mol. The molecule has 2 N–H and O–H groups in total. The van der Waals surface area contributed by atoms with Gasteiger partial charge in [0.15, 0.2) is 0 Å². The van der Waals surface area contributed by atoms with E-state index in [1.807, 2.05) is 49.5 Å². The van der Waals surface area contributed by atoms with E-state index in [1.54, 1.807) is 7.11 Å². The van der Waals surface area contributed by atoms with Gasteiger partial charge in [0.25, 0.3) is 0 Å². The first-order chi connectivity index (χ1) is 16.0. The summed E-state index contributed by atoms with van der Waals surface area (Å²) in [5, 5.41) is 4.09. The summed E-state index contributed by atoms with van der Waals surface area (Å²) in [4.78, 5) is 7.19. The first-order valence-electron chi connectivity index (χ1n) is 11.1. The van der Waals surface area contributed by atoms with E-state index in [0.29, 0.717) is 19.7 Å². The highest BCUT2D eigenvalue weighted by atomic mass is 32.2. The first kappa shape index (κ1) is 21.9. The maximum atomic E-state index is 12.0. The number of ether oxygens (including phenoxy) is 2. The van der Waals surface area contributed by atoms with Gasteiger partial charge in [-0.3, -0.25) is 0 Å². The van der Waals surface area contributed by atoms with Gasteiger partial charge in [-0.15, -0.1) is 0 Å². The lowest BCUT2D eigenvalue weighted by molar-refractivity contribution is 0.318. The minimum Gasteiger partial charge on any atom is -0.497 e. The summed E-state index contributed by atoms with van der Waals surface area (Å²) in [5.74, 6) is 1.84. The molecule has 2 atom stereocenters. The molecule has 2 unspecified atom stereocenters. The average molecular weight is 469 g/mol. The number of rotatable bonds is 7. The summed E-state index contributed by atoms with van der Waals surface area (Å²) in [6.07, 6.45) is 0. The smallest absolute Gasteiger partial charge is 0.212 e. The third-order valence-electron chi connectivity index (χ3n) is 6.31. The molecule has 3 aromatic rings. The topological polar surface area (TPSA) is 92.8 Å². The van der Waals surface area contributed by atoms with Crippen LogP contribution in [0.3, 0.4) is 0 Å². The molecule has 0 aliphatic carbocycles. The Morgan fingerprint density at radius 2 is 1.91 bits per heavy atom. The molecule has 0 spiro atoms. The monoisotopic (exact) mass is 468 g/mol. The van der Waals surface area contributed by atoms with Crippen LogP contribution in [0.5, 0.6) is 11.5 Å². The van der Waals surface area contributed by atoms with Crippen LogP contribution in [0.15, 0.2) is 48.5 Å². The highest BCUT2D eigenvalue weighted by Gasteiger charge is 2.43. The van der Waals surface area contributed by atoms with Crippen molar-refractivity contribution in [2.24, 2.45) is 5.92 Å². The van der Waals surface area contributed by atoms with Gasteiger partial charge in [-0.25, -0.2) is 18.1 Å². The number of nitrogens with zero attached hydrogens (tertiary/aromatic N) is 2. The van der Waals surface area contributed by atoms with Gasteiger partial charge in [-0.2, -0.15) is 0 Å². The normalized spacial score (nSPS) is 21.3. The average Bonchev–Trinajstić information content (AvgIpc) is 3.32. The number of hydrogen-bond donors (Lipinski definition) is 2. The predicted molar refractivity (Wildman–Crippen MR) is 130 cm³/mol. The van der Waals surface area contributed by atoms with Crippen LogP contribution in [-0.4, -0.2) is 65.6 Å². The van der Waals surface area contributed by atoms with Gasteiger partial charge in [0.2, 0.25) is 10.0 Å². The Hall–Kier alpha value is -2.88.